The van der Waals surface area contributed by atoms with E-state index in [1.54, 1.807) is 48.5 Å². The number of anilines is 1. The van der Waals surface area contributed by atoms with Crippen molar-refractivity contribution in [3.63, 3.8) is 0 Å². The summed E-state index contributed by atoms with van der Waals surface area (Å²) in [5, 5.41) is 7.73. The molecule has 0 saturated heterocycles. The summed E-state index contributed by atoms with van der Waals surface area (Å²) in [5.74, 6) is 0.573. The van der Waals surface area contributed by atoms with E-state index >= 15 is 0 Å². The van der Waals surface area contributed by atoms with E-state index in [9.17, 15) is 9.59 Å². The topological polar surface area (TPSA) is 98.3 Å². The maximum Gasteiger partial charge on any atom is 0.271 e. The summed E-state index contributed by atoms with van der Waals surface area (Å²) in [6.45, 7) is 6.23. The van der Waals surface area contributed by atoms with Crippen LogP contribution in [0.1, 0.15) is 35.3 Å². The molecule has 0 spiro atoms. The first-order valence-corrected chi connectivity index (χ1v) is 12.3. The Hall–Kier alpha value is -3.75. The van der Waals surface area contributed by atoms with Gasteiger partial charge in [0.2, 0.25) is 0 Å². The highest BCUT2D eigenvalue weighted by atomic mass is 35.5. The molecule has 2 amide bonds. The van der Waals surface area contributed by atoms with Crippen molar-refractivity contribution in [1.82, 2.24) is 5.43 Å². The number of carbonyl (C=O) groups excluding carboxylic acids is 2. The van der Waals surface area contributed by atoms with E-state index in [0.717, 1.165) is 5.56 Å². The Balaban J connectivity index is 1.64. The lowest BCUT2D eigenvalue weighted by atomic mass is 10.2. The number of nitrogens with one attached hydrogen (secondary N) is 2. The zero-order valence-corrected chi connectivity index (χ0v) is 22.2. The predicted octanol–water partition coefficient (Wildman–Crippen LogP) is 5.88. The first-order chi connectivity index (χ1) is 17.8. The molecule has 2 N–H and O–H groups in total. The lowest BCUT2D eigenvalue weighted by molar-refractivity contribution is -0.118. The Kier molecular flexibility index (Phi) is 10.2. The van der Waals surface area contributed by atoms with Crippen LogP contribution >= 0.6 is 23.2 Å². The summed E-state index contributed by atoms with van der Waals surface area (Å²) in [5.41, 5.74) is 4.75. The van der Waals surface area contributed by atoms with Crippen LogP contribution in [0, 0.1) is 6.92 Å². The van der Waals surface area contributed by atoms with Crippen LogP contribution in [-0.2, 0) is 4.79 Å². The second-order valence-corrected chi connectivity index (χ2v) is 8.55. The number of carbonyl (C=O) groups is 2. The number of amides is 2. The third-order valence-corrected chi connectivity index (χ3v) is 5.60. The van der Waals surface area contributed by atoms with E-state index < -0.39 is 5.91 Å². The first-order valence-electron chi connectivity index (χ1n) is 11.5. The quantitative estimate of drug-likeness (QED) is 0.232. The van der Waals surface area contributed by atoms with Crippen LogP contribution in [0.2, 0.25) is 10.0 Å². The SMILES string of the molecule is CCOc1ccc(C(=O)N/N=C/c2cc(Cl)ccc2OCC(=O)Nc2ccc(C)c(Cl)c2)cc1OCC. The van der Waals surface area contributed by atoms with Gasteiger partial charge in [0.15, 0.2) is 18.1 Å². The fourth-order valence-corrected chi connectivity index (χ4v) is 3.54. The van der Waals surface area contributed by atoms with Crippen LogP contribution in [0.3, 0.4) is 0 Å². The van der Waals surface area contributed by atoms with Gasteiger partial charge in [-0.15, -0.1) is 0 Å². The summed E-state index contributed by atoms with van der Waals surface area (Å²) in [4.78, 5) is 24.9. The minimum Gasteiger partial charge on any atom is -0.490 e. The minimum absolute atomic E-state index is 0.257. The van der Waals surface area contributed by atoms with Gasteiger partial charge in [-0.25, -0.2) is 5.43 Å². The van der Waals surface area contributed by atoms with E-state index in [4.69, 9.17) is 37.4 Å². The standard InChI is InChI=1S/C27H27Cl2N3O5/c1-4-35-24-10-7-18(13-25(24)36-5-2)27(34)32-30-15-19-12-20(28)8-11-23(19)37-16-26(33)31-21-9-6-17(3)22(29)14-21/h6-15H,4-5,16H2,1-3H3,(H,31,33)(H,32,34)/b30-15+. The molecular formula is C27H27Cl2N3O5. The molecule has 0 unspecified atom stereocenters. The summed E-state index contributed by atoms with van der Waals surface area (Å²) >= 11 is 12.2. The first kappa shape index (κ1) is 27.8. The van der Waals surface area contributed by atoms with Crippen LogP contribution in [0.25, 0.3) is 0 Å². The van der Waals surface area contributed by atoms with Crippen molar-refractivity contribution in [3.8, 4) is 17.2 Å². The monoisotopic (exact) mass is 543 g/mol. The molecule has 10 heteroatoms. The van der Waals surface area contributed by atoms with Crippen LogP contribution < -0.4 is 25.0 Å². The van der Waals surface area contributed by atoms with Crippen molar-refractivity contribution >= 4 is 46.9 Å². The lowest BCUT2D eigenvalue weighted by Crippen LogP contribution is -2.20. The molecule has 3 aromatic rings. The third-order valence-electron chi connectivity index (χ3n) is 4.96. The molecule has 0 aliphatic carbocycles. The number of hydrogen-bond acceptors (Lipinski definition) is 6. The summed E-state index contributed by atoms with van der Waals surface area (Å²) in [6.07, 6.45) is 1.38. The Morgan fingerprint density at radius 3 is 2.35 bits per heavy atom. The molecule has 0 aromatic heterocycles. The molecule has 0 fully saturated rings. The summed E-state index contributed by atoms with van der Waals surface area (Å²) < 4.78 is 16.8. The average Bonchev–Trinajstić information content (AvgIpc) is 2.87. The number of halogens is 2. The van der Waals surface area contributed by atoms with Crippen molar-refractivity contribution < 1.29 is 23.8 Å². The van der Waals surface area contributed by atoms with Crippen molar-refractivity contribution in [2.45, 2.75) is 20.8 Å². The number of aryl methyl sites for hydroxylation is 1. The van der Waals surface area contributed by atoms with Gasteiger partial charge in [-0.3, -0.25) is 9.59 Å². The lowest BCUT2D eigenvalue weighted by Gasteiger charge is -2.12. The Morgan fingerprint density at radius 2 is 1.62 bits per heavy atom. The normalized spacial score (nSPS) is 10.7. The smallest absolute Gasteiger partial charge is 0.271 e. The predicted molar refractivity (Wildman–Crippen MR) is 146 cm³/mol. The average molecular weight is 544 g/mol. The number of nitrogens with zero attached hydrogens (tertiary/aromatic N) is 1. The van der Waals surface area contributed by atoms with Crippen LogP contribution in [-0.4, -0.2) is 37.8 Å². The minimum atomic E-state index is -0.444. The highest BCUT2D eigenvalue weighted by molar-refractivity contribution is 6.31. The van der Waals surface area contributed by atoms with E-state index in [1.807, 2.05) is 26.8 Å². The highest BCUT2D eigenvalue weighted by Gasteiger charge is 2.12. The molecular weight excluding hydrogens is 517 g/mol. The van der Waals surface area contributed by atoms with E-state index in [2.05, 4.69) is 15.8 Å². The van der Waals surface area contributed by atoms with Crippen LogP contribution in [0.15, 0.2) is 59.7 Å². The largest absolute Gasteiger partial charge is 0.490 e. The van der Waals surface area contributed by atoms with Gasteiger partial charge < -0.3 is 19.5 Å². The van der Waals surface area contributed by atoms with Gasteiger partial charge in [-0.2, -0.15) is 5.10 Å². The van der Waals surface area contributed by atoms with Gasteiger partial charge in [0.05, 0.1) is 19.4 Å². The molecule has 0 radical (unpaired) electrons. The maximum absolute atomic E-state index is 12.6. The molecule has 0 saturated carbocycles. The molecule has 0 aliphatic rings. The molecule has 0 atom stereocenters. The number of hydrogen-bond donors (Lipinski definition) is 2. The van der Waals surface area contributed by atoms with E-state index in [0.29, 0.717) is 57.3 Å². The summed E-state index contributed by atoms with van der Waals surface area (Å²) in [6, 6.07) is 15.0. The molecule has 8 nitrogen and oxygen atoms in total. The van der Waals surface area contributed by atoms with Crippen LogP contribution in [0.5, 0.6) is 17.2 Å². The molecule has 0 aliphatic heterocycles. The molecule has 3 aromatic carbocycles. The second-order valence-electron chi connectivity index (χ2n) is 7.71. The zero-order valence-electron chi connectivity index (χ0n) is 20.6. The molecule has 0 heterocycles. The van der Waals surface area contributed by atoms with E-state index in [-0.39, 0.29) is 12.5 Å². The van der Waals surface area contributed by atoms with Crippen molar-refractivity contribution in [1.29, 1.82) is 0 Å². The highest BCUT2D eigenvalue weighted by Crippen LogP contribution is 2.28. The van der Waals surface area contributed by atoms with Gasteiger partial charge in [-0.1, -0.05) is 29.3 Å². The third kappa shape index (κ3) is 8.13. The Bertz CT molecular complexity index is 1300. The fraction of sp³-hybridized carbons (Fsp3) is 0.222. The van der Waals surface area contributed by atoms with Crippen LogP contribution in [0.4, 0.5) is 5.69 Å². The second kappa shape index (κ2) is 13.5. The van der Waals surface area contributed by atoms with Gasteiger partial charge in [0, 0.05) is 26.9 Å². The Morgan fingerprint density at radius 1 is 0.892 bits per heavy atom. The van der Waals surface area contributed by atoms with Gasteiger partial charge in [0.25, 0.3) is 11.8 Å². The number of ether oxygens (including phenoxy) is 3. The number of rotatable bonds is 11. The van der Waals surface area contributed by atoms with Crippen molar-refractivity contribution in [2.75, 3.05) is 25.1 Å². The molecule has 0 bridgehead atoms. The maximum atomic E-state index is 12.6. The van der Waals surface area contributed by atoms with Crippen molar-refractivity contribution in [2.24, 2.45) is 5.10 Å². The van der Waals surface area contributed by atoms with Gasteiger partial charge >= 0.3 is 0 Å². The zero-order chi connectivity index (χ0) is 26.8. The van der Waals surface area contributed by atoms with E-state index in [1.165, 1.54) is 6.21 Å². The summed E-state index contributed by atoms with van der Waals surface area (Å²) in [7, 11) is 0. The molecule has 37 heavy (non-hydrogen) atoms. The fourth-order valence-electron chi connectivity index (χ4n) is 3.18. The number of hydrazone groups is 1. The van der Waals surface area contributed by atoms with Gasteiger partial charge in [-0.05, 0) is 74.9 Å². The number of benzene rings is 3. The molecule has 194 valence electrons. The molecule has 3 rings (SSSR count). The van der Waals surface area contributed by atoms with Gasteiger partial charge in [0.1, 0.15) is 5.75 Å². The Labute approximate surface area is 225 Å². The van der Waals surface area contributed by atoms with Crippen molar-refractivity contribution in [3.05, 3.63) is 81.3 Å².